The van der Waals surface area contributed by atoms with E-state index in [-0.39, 0.29) is 0 Å². The molecular weight excluding hydrogens is 252 g/mol. The van der Waals surface area contributed by atoms with Crippen LogP contribution in [0.5, 0.6) is 0 Å². The molecule has 0 unspecified atom stereocenters. The summed E-state index contributed by atoms with van der Waals surface area (Å²) >= 11 is 0. The van der Waals surface area contributed by atoms with Crippen molar-refractivity contribution in [1.82, 2.24) is 9.97 Å². The average Bonchev–Trinajstić information content (AvgIpc) is 3.13. The summed E-state index contributed by atoms with van der Waals surface area (Å²) in [5, 5.41) is 0. The lowest BCUT2D eigenvalue weighted by molar-refractivity contribution is 0.591. The average molecular weight is 262 g/mol. The van der Waals surface area contributed by atoms with Gasteiger partial charge in [-0.2, -0.15) is 0 Å². The standard InChI is InChI=1S/C16H10N2O2/c1-3-11(15-13(5-1)19-9-17-15)7-8-12-4-2-6-14-16(12)18-10-20-14/h1-6H,7-8H2. The molecule has 0 amide bonds. The van der Waals surface area contributed by atoms with Gasteiger partial charge in [-0.1, -0.05) is 24.3 Å². The Morgan fingerprint density at radius 3 is 1.75 bits per heavy atom. The van der Waals surface area contributed by atoms with Crippen LogP contribution in [0.1, 0.15) is 11.1 Å². The lowest BCUT2D eigenvalue weighted by atomic mass is 10.0. The number of benzene rings is 2. The second kappa shape index (κ2) is 4.49. The Labute approximate surface area is 115 Å². The molecule has 20 heavy (non-hydrogen) atoms. The number of fused-ring (bicyclic) bond motifs is 2. The van der Waals surface area contributed by atoms with Gasteiger partial charge in [0.05, 0.1) is 0 Å². The molecule has 0 aliphatic carbocycles. The highest BCUT2D eigenvalue weighted by Crippen LogP contribution is 2.21. The van der Waals surface area contributed by atoms with Crippen molar-refractivity contribution >= 4 is 22.2 Å². The molecule has 0 saturated heterocycles. The fraction of sp³-hybridized carbons (Fsp3) is 0.125. The Morgan fingerprint density at radius 1 is 0.750 bits per heavy atom. The lowest BCUT2D eigenvalue weighted by Gasteiger charge is -2.03. The first-order valence-corrected chi connectivity index (χ1v) is 6.41. The third kappa shape index (κ3) is 1.77. The predicted molar refractivity (Wildman–Crippen MR) is 73.1 cm³/mol. The summed E-state index contributed by atoms with van der Waals surface area (Å²) in [6, 6.07) is 11.9. The second-order valence-corrected chi connectivity index (χ2v) is 4.64. The Balaban J connectivity index is 1.67. The van der Waals surface area contributed by atoms with Crippen molar-refractivity contribution in [3.05, 3.63) is 60.3 Å². The van der Waals surface area contributed by atoms with Gasteiger partial charge in [0.25, 0.3) is 12.8 Å². The number of oxazole rings is 2. The first-order chi connectivity index (χ1) is 9.92. The van der Waals surface area contributed by atoms with Gasteiger partial charge in [-0.25, -0.2) is 9.97 Å². The number of nitrogens with zero attached hydrogens (tertiary/aromatic N) is 2. The van der Waals surface area contributed by atoms with Gasteiger partial charge in [-0.3, -0.25) is 0 Å². The highest BCUT2D eigenvalue weighted by Gasteiger charge is 2.08. The van der Waals surface area contributed by atoms with Crippen LogP contribution in [-0.2, 0) is 12.8 Å². The van der Waals surface area contributed by atoms with Crippen LogP contribution in [0.25, 0.3) is 22.2 Å². The van der Waals surface area contributed by atoms with Gasteiger partial charge in [-0.05, 0) is 36.1 Å². The molecule has 0 aliphatic rings. The van der Waals surface area contributed by atoms with E-state index in [0.29, 0.717) is 0 Å². The van der Waals surface area contributed by atoms with Crippen LogP contribution in [0.4, 0.5) is 0 Å². The van der Waals surface area contributed by atoms with Crippen molar-refractivity contribution in [1.29, 1.82) is 0 Å². The van der Waals surface area contributed by atoms with E-state index >= 15 is 0 Å². The third-order valence-corrected chi connectivity index (χ3v) is 3.45. The minimum Gasteiger partial charge on any atom is -0.432 e. The highest BCUT2D eigenvalue weighted by molar-refractivity contribution is 5.77. The topological polar surface area (TPSA) is 52.1 Å². The molecule has 4 aromatic rings. The highest BCUT2D eigenvalue weighted by atomic mass is 16.3. The van der Waals surface area contributed by atoms with Crippen molar-refractivity contribution in [2.75, 3.05) is 0 Å². The number of rotatable bonds is 3. The van der Waals surface area contributed by atoms with Crippen molar-refractivity contribution in [2.45, 2.75) is 12.8 Å². The summed E-state index contributed by atoms with van der Waals surface area (Å²) in [6.45, 7) is 0. The summed E-state index contributed by atoms with van der Waals surface area (Å²) in [4.78, 5) is 8.30. The summed E-state index contributed by atoms with van der Waals surface area (Å²) < 4.78 is 10.4. The Kier molecular flexibility index (Phi) is 2.52. The SMILES string of the molecule is [c]1nc2c(CCc3cccc4o[c]nc34)cccc2o1. The number of hydrogen-bond acceptors (Lipinski definition) is 4. The van der Waals surface area contributed by atoms with E-state index in [2.05, 4.69) is 34.9 Å². The van der Waals surface area contributed by atoms with Gasteiger partial charge < -0.3 is 8.83 Å². The zero-order valence-corrected chi connectivity index (χ0v) is 10.6. The monoisotopic (exact) mass is 262 g/mol. The number of hydrogen-bond donors (Lipinski definition) is 0. The molecular formula is C16H10N2O2. The molecule has 0 aliphatic heterocycles. The maximum absolute atomic E-state index is 5.20. The van der Waals surface area contributed by atoms with Gasteiger partial charge in [0.2, 0.25) is 0 Å². The Bertz CT molecular complexity index is 802. The molecule has 4 nitrogen and oxygen atoms in total. The Hall–Kier alpha value is -2.62. The van der Waals surface area contributed by atoms with Crippen LogP contribution in [-0.4, -0.2) is 9.97 Å². The van der Waals surface area contributed by atoms with Crippen molar-refractivity contribution in [3.8, 4) is 0 Å². The maximum atomic E-state index is 5.20. The van der Waals surface area contributed by atoms with E-state index in [9.17, 15) is 0 Å². The van der Waals surface area contributed by atoms with Crippen molar-refractivity contribution in [2.24, 2.45) is 0 Å². The van der Waals surface area contributed by atoms with E-state index in [0.717, 1.165) is 46.2 Å². The van der Waals surface area contributed by atoms with E-state index in [1.165, 1.54) is 0 Å². The molecule has 4 heteroatoms. The van der Waals surface area contributed by atoms with E-state index < -0.39 is 0 Å². The van der Waals surface area contributed by atoms with Gasteiger partial charge in [0, 0.05) is 0 Å². The second-order valence-electron chi connectivity index (χ2n) is 4.64. The molecule has 96 valence electrons. The van der Waals surface area contributed by atoms with Crippen LogP contribution in [0, 0.1) is 12.8 Å². The molecule has 0 spiro atoms. The van der Waals surface area contributed by atoms with Gasteiger partial charge in [0.1, 0.15) is 11.0 Å². The van der Waals surface area contributed by atoms with E-state index in [1.54, 1.807) is 0 Å². The van der Waals surface area contributed by atoms with Crippen molar-refractivity contribution in [3.63, 3.8) is 0 Å². The van der Waals surface area contributed by atoms with Crippen molar-refractivity contribution < 1.29 is 8.83 Å². The molecule has 2 heterocycles. The molecule has 2 radical (unpaired) electrons. The quantitative estimate of drug-likeness (QED) is 0.568. The summed E-state index contributed by atoms with van der Waals surface area (Å²) in [5.74, 6) is 0. The molecule has 0 fully saturated rings. The molecule has 0 saturated carbocycles. The number of para-hydroxylation sites is 2. The van der Waals surface area contributed by atoms with E-state index in [4.69, 9.17) is 8.83 Å². The normalized spacial score (nSPS) is 11.4. The molecule has 4 rings (SSSR count). The first kappa shape index (κ1) is 11.2. The van der Waals surface area contributed by atoms with Crippen LogP contribution in [0.3, 0.4) is 0 Å². The predicted octanol–water partition coefficient (Wildman–Crippen LogP) is 3.35. The fourth-order valence-corrected chi connectivity index (χ4v) is 2.46. The minimum absolute atomic E-state index is 0.774. The zero-order chi connectivity index (χ0) is 13.4. The molecule has 0 N–H and O–H groups in total. The number of aryl methyl sites for hydroxylation is 2. The summed E-state index contributed by atoms with van der Waals surface area (Å²) in [5.41, 5.74) is 5.61. The molecule has 0 atom stereocenters. The van der Waals surface area contributed by atoms with Crippen LogP contribution in [0.2, 0.25) is 0 Å². The lowest BCUT2D eigenvalue weighted by Crippen LogP contribution is -1.93. The third-order valence-electron chi connectivity index (χ3n) is 3.45. The smallest absolute Gasteiger partial charge is 0.284 e. The summed E-state index contributed by atoms with van der Waals surface area (Å²) in [6.07, 6.45) is 6.82. The maximum Gasteiger partial charge on any atom is 0.284 e. The van der Waals surface area contributed by atoms with Gasteiger partial charge in [0.15, 0.2) is 11.2 Å². The van der Waals surface area contributed by atoms with Gasteiger partial charge >= 0.3 is 0 Å². The Morgan fingerprint density at radius 2 is 1.25 bits per heavy atom. The van der Waals surface area contributed by atoms with Crippen LogP contribution < -0.4 is 0 Å². The molecule has 2 aromatic carbocycles. The molecule has 2 aromatic heterocycles. The minimum atomic E-state index is 0.774. The molecule has 0 bridgehead atoms. The largest absolute Gasteiger partial charge is 0.432 e. The summed E-state index contributed by atoms with van der Waals surface area (Å²) in [7, 11) is 0. The first-order valence-electron chi connectivity index (χ1n) is 6.41. The van der Waals surface area contributed by atoms with Crippen LogP contribution in [0.15, 0.2) is 45.2 Å². The van der Waals surface area contributed by atoms with E-state index in [1.807, 2.05) is 24.3 Å². The number of aromatic nitrogens is 2. The zero-order valence-electron chi connectivity index (χ0n) is 10.6. The fourth-order valence-electron chi connectivity index (χ4n) is 2.46. The van der Waals surface area contributed by atoms with Gasteiger partial charge in [-0.15, -0.1) is 0 Å². The van der Waals surface area contributed by atoms with Crippen LogP contribution >= 0.6 is 0 Å².